The van der Waals surface area contributed by atoms with E-state index in [1.54, 1.807) is 0 Å². The third-order valence-corrected chi connectivity index (χ3v) is 1.93. The summed E-state index contributed by atoms with van der Waals surface area (Å²) in [5.41, 5.74) is 0. The molecule has 0 saturated heterocycles. The number of hydrogen-bond donors (Lipinski definition) is 2. The average Bonchev–Trinajstić information content (AvgIpc) is 1.88. The third kappa shape index (κ3) is 2.03. The fourth-order valence-electron chi connectivity index (χ4n) is 0.996. The first-order valence-corrected chi connectivity index (χ1v) is 3.95. The van der Waals surface area contributed by atoms with Crippen LogP contribution in [0.15, 0.2) is 12.2 Å². The summed E-state index contributed by atoms with van der Waals surface area (Å²) >= 11 is 4.31. The minimum atomic E-state index is 0.375. The van der Waals surface area contributed by atoms with E-state index >= 15 is 0 Å². The molecule has 0 saturated carbocycles. The van der Waals surface area contributed by atoms with Crippen LogP contribution in [-0.2, 0) is 0 Å². The molecule has 0 spiro atoms. The molecule has 0 fully saturated rings. The molecule has 1 nitrogen and oxygen atoms in total. The lowest BCUT2D eigenvalue weighted by Crippen LogP contribution is -2.35. The normalized spacial score (nSPS) is 34.9. The maximum atomic E-state index is 4.31. The second kappa shape index (κ2) is 3.28. The van der Waals surface area contributed by atoms with Gasteiger partial charge in [-0.05, 0) is 12.8 Å². The van der Waals surface area contributed by atoms with Gasteiger partial charge in [0.25, 0.3) is 0 Å². The summed E-state index contributed by atoms with van der Waals surface area (Å²) in [7, 11) is 0. The predicted molar refractivity (Wildman–Crippen MR) is 43.7 cm³/mol. The molecule has 0 aromatic heterocycles. The summed E-state index contributed by atoms with van der Waals surface area (Å²) in [4.78, 5) is 0. The van der Waals surface area contributed by atoms with E-state index in [0.717, 1.165) is 12.8 Å². The summed E-state index contributed by atoms with van der Waals surface area (Å²) in [6, 6.07) is 0.557. The Labute approximate surface area is 61.9 Å². The van der Waals surface area contributed by atoms with E-state index in [-0.39, 0.29) is 0 Å². The van der Waals surface area contributed by atoms with Crippen LogP contribution in [0.5, 0.6) is 0 Å². The Bertz CT molecular complexity index is 111. The van der Waals surface area contributed by atoms with Crippen molar-refractivity contribution < 1.29 is 0 Å². The van der Waals surface area contributed by atoms with Crippen LogP contribution in [0.1, 0.15) is 19.8 Å². The summed E-state index contributed by atoms with van der Waals surface area (Å²) in [6.07, 6.45) is 6.63. The van der Waals surface area contributed by atoms with Crippen LogP contribution in [0.25, 0.3) is 0 Å². The average molecular weight is 143 g/mol. The first-order valence-electron chi connectivity index (χ1n) is 3.43. The Kier molecular flexibility index (Phi) is 2.61. The van der Waals surface area contributed by atoms with Crippen LogP contribution in [0.3, 0.4) is 0 Å². The Hall–Kier alpha value is 0.0500. The van der Waals surface area contributed by atoms with Crippen LogP contribution in [0.2, 0.25) is 0 Å². The topological polar surface area (TPSA) is 12.0 Å². The van der Waals surface area contributed by atoms with Crippen molar-refractivity contribution >= 4 is 12.6 Å². The van der Waals surface area contributed by atoms with Gasteiger partial charge in [0, 0.05) is 6.04 Å². The number of thiol groups is 1. The zero-order valence-electron chi connectivity index (χ0n) is 5.67. The van der Waals surface area contributed by atoms with E-state index < -0.39 is 0 Å². The van der Waals surface area contributed by atoms with Gasteiger partial charge in [0.05, 0.1) is 5.37 Å². The van der Waals surface area contributed by atoms with Crippen molar-refractivity contribution in [2.75, 3.05) is 0 Å². The molecule has 1 aliphatic rings. The summed E-state index contributed by atoms with van der Waals surface area (Å²) in [5.74, 6) is 0. The van der Waals surface area contributed by atoms with Crippen LogP contribution in [0, 0.1) is 0 Å². The molecule has 1 aliphatic heterocycles. The summed E-state index contributed by atoms with van der Waals surface area (Å²) < 4.78 is 0. The fourth-order valence-corrected chi connectivity index (χ4v) is 1.31. The van der Waals surface area contributed by atoms with Gasteiger partial charge in [-0.2, -0.15) is 12.6 Å². The summed E-state index contributed by atoms with van der Waals surface area (Å²) in [6.45, 7) is 2.17. The third-order valence-electron chi connectivity index (χ3n) is 1.57. The predicted octanol–water partition coefficient (Wildman–Crippen LogP) is 1.57. The Morgan fingerprint density at radius 3 is 3.00 bits per heavy atom. The van der Waals surface area contributed by atoms with E-state index in [2.05, 4.69) is 37.0 Å². The van der Waals surface area contributed by atoms with E-state index in [4.69, 9.17) is 0 Å². The van der Waals surface area contributed by atoms with Crippen molar-refractivity contribution in [2.45, 2.75) is 31.2 Å². The highest BCUT2D eigenvalue weighted by Crippen LogP contribution is 2.08. The molecule has 9 heavy (non-hydrogen) atoms. The van der Waals surface area contributed by atoms with Crippen molar-refractivity contribution in [1.82, 2.24) is 5.32 Å². The van der Waals surface area contributed by atoms with Gasteiger partial charge in [-0.15, -0.1) is 0 Å². The first-order chi connectivity index (χ1) is 4.33. The molecular formula is C7H13NS. The lowest BCUT2D eigenvalue weighted by Gasteiger charge is -2.21. The number of nitrogens with one attached hydrogen (secondary N) is 1. The second-order valence-corrected chi connectivity index (χ2v) is 2.98. The van der Waals surface area contributed by atoms with Gasteiger partial charge in [-0.3, -0.25) is 5.32 Å². The molecule has 52 valence electrons. The number of rotatable bonds is 1. The van der Waals surface area contributed by atoms with Crippen molar-refractivity contribution in [2.24, 2.45) is 0 Å². The van der Waals surface area contributed by atoms with Crippen molar-refractivity contribution in [3.63, 3.8) is 0 Å². The summed E-state index contributed by atoms with van der Waals surface area (Å²) in [5, 5.41) is 3.72. The maximum absolute atomic E-state index is 4.31. The van der Waals surface area contributed by atoms with Crippen LogP contribution < -0.4 is 5.32 Å². The van der Waals surface area contributed by atoms with Gasteiger partial charge in [0.1, 0.15) is 0 Å². The van der Waals surface area contributed by atoms with Crippen molar-refractivity contribution in [3.05, 3.63) is 12.2 Å². The molecule has 1 rings (SSSR count). The zero-order chi connectivity index (χ0) is 6.69. The Morgan fingerprint density at radius 1 is 1.78 bits per heavy atom. The lowest BCUT2D eigenvalue weighted by atomic mass is 10.1. The molecular weight excluding hydrogens is 130 g/mol. The van der Waals surface area contributed by atoms with E-state index in [1.165, 1.54) is 0 Å². The highest BCUT2D eigenvalue weighted by molar-refractivity contribution is 7.80. The van der Waals surface area contributed by atoms with Gasteiger partial charge in [-0.1, -0.05) is 19.1 Å². The SMILES string of the molecule is CCC1C=CCC(S)N1. The minimum absolute atomic E-state index is 0.375. The van der Waals surface area contributed by atoms with Gasteiger partial charge in [-0.25, -0.2) is 0 Å². The molecule has 0 amide bonds. The molecule has 0 aromatic rings. The van der Waals surface area contributed by atoms with Crippen molar-refractivity contribution in [1.29, 1.82) is 0 Å². The molecule has 0 bridgehead atoms. The quantitative estimate of drug-likeness (QED) is 0.419. The van der Waals surface area contributed by atoms with Gasteiger partial charge >= 0.3 is 0 Å². The molecule has 2 atom stereocenters. The fraction of sp³-hybridized carbons (Fsp3) is 0.714. The molecule has 0 aromatic carbocycles. The largest absolute Gasteiger partial charge is 0.299 e. The Balaban J connectivity index is 2.39. The zero-order valence-corrected chi connectivity index (χ0v) is 6.57. The van der Waals surface area contributed by atoms with Gasteiger partial charge < -0.3 is 0 Å². The standard InChI is InChI=1S/C7H13NS/c1-2-6-4-3-5-7(9)8-6/h3-4,6-9H,2,5H2,1H3. The van der Waals surface area contributed by atoms with Crippen LogP contribution in [-0.4, -0.2) is 11.4 Å². The highest BCUT2D eigenvalue weighted by Gasteiger charge is 2.09. The lowest BCUT2D eigenvalue weighted by molar-refractivity contribution is 0.538. The molecule has 0 radical (unpaired) electrons. The molecule has 1 N–H and O–H groups in total. The monoisotopic (exact) mass is 143 g/mol. The van der Waals surface area contributed by atoms with Crippen molar-refractivity contribution in [3.8, 4) is 0 Å². The first kappa shape index (κ1) is 7.16. The van der Waals surface area contributed by atoms with Gasteiger partial charge in [0.15, 0.2) is 0 Å². The maximum Gasteiger partial charge on any atom is 0.0541 e. The van der Waals surface area contributed by atoms with E-state index in [9.17, 15) is 0 Å². The van der Waals surface area contributed by atoms with Gasteiger partial charge in [0.2, 0.25) is 0 Å². The van der Waals surface area contributed by atoms with Crippen LogP contribution >= 0.6 is 12.6 Å². The second-order valence-electron chi connectivity index (χ2n) is 2.36. The Morgan fingerprint density at radius 2 is 2.56 bits per heavy atom. The molecule has 1 heterocycles. The van der Waals surface area contributed by atoms with E-state index in [0.29, 0.717) is 11.4 Å². The molecule has 0 aliphatic carbocycles. The molecule has 2 heteroatoms. The highest BCUT2D eigenvalue weighted by atomic mass is 32.1. The van der Waals surface area contributed by atoms with E-state index in [1.807, 2.05) is 0 Å². The smallest absolute Gasteiger partial charge is 0.0541 e. The minimum Gasteiger partial charge on any atom is -0.299 e. The van der Waals surface area contributed by atoms with Crippen LogP contribution in [0.4, 0.5) is 0 Å². The molecule has 2 unspecified atom stereocenters. The number of hydrogen-bond acceptors (Lipinski definition) is 2.